The molecule has 2 aromatic rings. The number of hydrogen-bond acceptors (Lipinski definition) is 5. The van der Waals surface area contributed by atoms with E-state index in [-0.39, 0.29) is 0 Å². The van der Waals surface area contributed by atoms with Gasteiger partial charge in [0.15, 0.2) is 5.65 Å². The van der Waals surface area contributed by atoms with Crippen molar-refractivity contribution in [3.05, 3.63) is 12.5 Å². The van der Waals surface area contributed by atoms with Gasteiger partial charge in [0.1, 0.15) is 12.1 Å². The van der Waals surface area contributed by atoms with Gasteiger partial charge >= 0.3 is 0 Å². The van der Waals surface area contributed by atoms with E-state index in [4.69, 9.17) is 0 Å². The second-order valence-electron chi connectivity index (χ2n) is 4.40. The minimum atomic E-state index is 0.436. The first kappa shape index (κ1) is 10.5. The Kier molecular flexibility index (Phi) is 2.87. The lowest BCUT2D eigenvalue weighted by Crippen LogP contribution is -2.31. The van der Waals surface area contributed by atoms with Crippen LogP contribution in [0.5, 0.6) is 0 Å². The summed E-state index contributed by atoms with van der Waals surface area (Å²) in [5.74, 6) is 0.873. The third-order valence-electron chi connectivity index (χ3n) is 3.14. The smallest absolute Gasteiger partial charge is 0.160 e. The highest BCUT2D eigenvalue weighted by molar-refractivity contribution is 5.85. The zero-order valence-electron chi connectivity index (χ0n) is 9.61. The van der Waals surface area contributed by atoms with Gasteiger partial charge in [0.2, 0.25) is 0 Å². The van der Waals surface area contributed by atoms with E-state index in [0.717, 1.165) is 29.9 Å². The Morgan fingerprint density at radius 1 is 1.29 bits per heavy atom. The van der Waals surface area contributed by atoms with Crippen molar-refractivity contribution >= 4 is 16.9 Å². The molecule has 6 heteroatoms. The average Bonchev–Trinajstić information content (AvgIpc) is 2.69. The maximum atomic E-state index is 4.29. The summed E-state index contributed by atoms with van der Waals surface area (Å²) in [7, 11) is 0. The molecule has 1 saturated heterocycles. The van der Waals surface area contributed by atoms with E-state index in [2.05, 4.69) is 30.8 Å². The molecular formula is C11H16N6. The fourth-order valence-corrected chi connectivity index (χ4v) is 2.22. The SMILES string of the molecule is c1nc(N[C@H]2CCCCNC2)c2cn[nH]c2n1. The van der Waals surface area contributed by atoms with E-state index in [1.54, 1.807) is 12.5 Å². The Hall–Kier alpha value is -1.69. The van der Waals surface area contributed by atoms with Crippen LogP contribution in [0.2, 0.25) is 0 Å². The molecule has 1 fully saturated rings. The van der Waals surface area contributed by atoms with Crippen molar-refractivity contribution in [1.82, 2.24) is 25.5 Å². The van der Waals surface area contributed by atoms with E-state index in [0.29, 0.717) is 6.04 Å². The third kappa shape index (κ3) is 2.21. The monoisotopic (exact) mass is 232 g/mol. The molecule has 0 radical (unpaired) electrons. The molecule has 90 valence electrons. The Morgan fingerprint density at radius 2 is 2.29 bits per heavy atom. The molecule has 3 N–H and O–H groups in total. The summed E-state index contributed by atoms with van der Waals surface area (Å²) < 4.78 is 0. The Bertz CT molecular complexity index is 485. The minimum Gasteiger partial charge on any atom is -0.365 e. The number of aromatic amines is 1. The summed E-state index contributed by atoms with van der Waals surface area (Å²) in [6, 6.07) is 0.436. The molecule has 3 rings (SSSR count). The molecule has 1 aliphatic rings. The summed E-state index contributed by atoms with van der Waals surface area (Å²) in [4.78, 5) is 8.42. The van der Waals surface area contributed by atoms with Crippen molar-refractivity contribution in [2.75, 3.05) is 18.4 Å². The van der Waals surface area contributed by atoms with Gasteiger partial charge in [-0.1, -0.05) is 6.42 Å². The van der Waals surface area contributed by atoms with E-state index < -0.39 is 0 Å². The first-order valence-electron chi connectivity index (χ1n) is 6.05. The first-order chi connectivity index (χ1) is 8.43. The van der Waals surface area contributed by atoms with Gasteiger partial charge in [-0.15, -0.1) is 0 Å². The van der Waals surface area contributed by atoms with Crippen LogP contribution in [0.15, 0.2) is 12.5 Å². The van der Waals surface area contributed by atoms with Crippen LogP contribution in [0.1, 0.15) is 19.3 Å². The molecule has 0 aromatic carbocycles. The predicted octanol–water partition coefficient (Wildman–Crippen LogP) is 0.907. The van der Waals surface area contributed by atoms with E-state index in [1.807, 2.05) is 0 Å². The van der Waals surface area contributed by atoms with Crippen LogP contribution in [0.3, 0.4) is 0 Å². The molecule has 0 bridgehead atoms. The van der Waals surface area contributed by atoms with Crippen molar-refractivity contribution in [3.8, 4) is 0 Å². The molecule has 0 unspecified atom stereocenters. The van der Waals surface area contributed by atoms with Gasteiger partial charge in [-0.3, -0.25) is 5.10 Å². The van der Waals surface area contributed by atoms with Crippen molar-refractivity contribution in [2.24, 2.45) is 0 Å². The normalized spacial score (nSPS) is 21.3. The topological polar surface area (TPSA) is 78.5 Å². The van der Waals surface area contributed by atoms with Crippen LogP contribution in [0.4, 0.5) is 5.82 Å². The van der Waals surface area contributed by atoms with E-state index in [9.17, 15) is 0 Å². The van der Waals surface area contributed by atoms with Crippen LogP contribution < -0.4 is 10.6 Å². The quantitative estimate of drug-likeness (QED) is 0.717. The first-order valence-corrected chi connectivity index (χ1v) is 6.05. The summed E-state index contributed by atoms with van der Waals surface area (Å²) in [5, 5.41) is 14.7. The zero-order valence-corrected chi connectivity index (χ0v) is 9.61. The molecule has 17 heavy (non-hydrogen) atoms. The van der Waals surface area contributed by atoms with Gasteiger partial charge in [-0.05, 0) is 19.4 Å². The molecule has 0 saturated carbocycles. The van der Waals surface area contributed by atoms with Crippen molar-refractivity contribution in [2.45, 2.75) is 25.3 Å². The summed E-state index contributed by atoms with van der Waals surface area (Å²) in [5.41, 5.74) is 0.782. The number of hydrogen-bond donors (Lipinski definition) is 3. The highest BCUT2D eigenvalue weighted by atomic mass is 15.2. The Balaban J connectivity index is 1.81. The molecule has 1 atom stereocenters. The van der Waals surface area contributed by atoms with Crippen molar-refractivity contribution < 1.29 is 0 Å². The highest BCUT2D eigenvalue weighted by Gasteiger charge is 2.14. The number of rotatable bonds is 2. The molecule has 0 aliphatic carbocycles. The number of nitrogens with zero attached hydrogens (tertiary/aromatic N) is 3. The fraction of sp³-hybridized carbons (Fsp3) is 0.545. The zero-order chi connectivity index (χ0) is 11.5. The molecule has 2 aromatic heterocycles. The lowest BCUT2D eigenvalue weighted by Gasteiger charge is -2.17. The number of H-pyrrole nitrogens is 1. The largest absolute Gasteiger partial charge is 0.365 e. The second kappa shape index (κ2) is 4.67. The predicted molar refractivity (Wildman–Crippen MR) is 65.8 cm³/mol. The van der Waals surface area contributed by atoms with Crippen LogP contribution in [-0.2, 0) is 0 Å². The van der Waals surface area contributed by atoms with Crippen molar-refractivity contribution in [1.29, 1.82) is 0 Å². The Morgan fingerprint density at radius 3 is 3.29 bits per heavy atom. The number of aromatic nitrogens is 4. The van der Waals surface area contributed by atoms with Gasteiger partial charge < -0.3 is 10.6 Å². The molecule has 3 heterocycles. The lowest BCUT2D eigenvalue weighted by molar-refractivity contribution is 0.634. The molecular weight excluding hydrogens is 216 g/mol. The van der Waals surface area contributed by atoms with Crippen LogP contribution in [0.25, 0.3) is 11.0 Å². The molecule has 0 amide bonds. The van der Waals surface area contributed by atoms with Crippen LogP contribution in [0, 0.1) is 0 Å². The molecule has 6 nitrogen and oxygen atoms in total. The van der Waals surface area contributed by atoms with Gasteiger partial charge in [0, 0.05) is 12.6 Å². The number of nitrogens with one attached hydrogen (secondary N) is 3. The fourth-order valence-electron chi connectivity index (χ4n) is 2.22. The number of anilines is 1. The standard InChI is InChI=1S/C11H16N6/c1-2-4-12-5-8(3-1)16-10-9-6-15-17-11(9)14-7-13-10/h6-8,12H,1-5H2,(H2,13,14,15,16,17)/t8-/m0/s1. The number of fused-ring (bicyclic) bond motifs is 1. The maximum absolute atomic E-state index is 4.29. The highest BCUT2D eigenvalue weighted by Crippen LogP contribution is 2.18. The van der Waals surface area contributed by atoms with E-state index >= 15 is 0 Å². The van der Waals surface area contributed by atoms with Gasteiger partial charge in [0.05, 0.1) is 11.6 Å². The van der Waals surface area contributed by atoms with Gasteiger partial charge in [-0.25, -0.2) is 9.97 Å². The molecule has 0 spiro atoms. The van der Waals surface area contributed by atoms with E-state index in [1.165, 1.54) is 19.3 Å². The molecule has 1 aliphatic heterocycles. The summed E-state index contributed by atoms with van der Waals surface area (Å²) >= 11 is 0. The summed E-state index contributed by atoms with van der Waals surface area (Å²) in [6.45, 7) is 2.10. The minimum absolute atomic E-state index is 0.436. The second-order valence-corrected chi connectivity index (χ2v) is 4.40. The summed E-state index contributed by atoms with van der Waals surface area (Å²) in [6.07, 6.45) is 7.01. The van der Waals surface area contributed by atoms with Crippen molar-refractivity contribution in [3.63, 3.8) is 0 Å². The van der Waals surface area contributed by atoms with Crippen LogP contribution >= 0.6 is 0 Å². The third-order valence-corrected chi connectivity index (χ3v) is 3.14. The van der Waals surface area contributed by atoms with Gasteiger partial charge in [-0.2, -0.15) is 5.10 Å². The van der Waals surface area contributed by atoms with Crippen LogP contribution in [-0.4, -0.2) is 39.3 Å². The average molecular weight is 232 g/mol. The maximum Gasteiger partial charge on any atom is 0.160 e. The Labute approximate surface area is 99.2 Å². The lowest BCUT2D eigenvalue weighted by atomic mass is 10.1. The van der Waals surface area contributed by atoms with Gasteiger partial charge in [0.25, 0.3) is 0 Å².